The monoisotopic (exact) mass is 236 g/mol. The average Bonchev–Trinajstić information content (AvgIpc) is 2.62. The number of ether oxygens (including phenoxy) is 1. The first-order valence-electron chi connectivity index (χ1n) is 6.24. The third kappa shape index (κ3) is 1.77. The van der Waals surface area contributed by atoms with Crippen LogP contribution in [0.4, 0.5) is 0 Å². The van der Waals surface area contributed by atoms with Crippen LogP contribution >= 0.6 is 0 Å². The summed E-state index contributed by atoms with van der Waals surface area (Å²) in [5.74, 6) is 0.864. The number of hydrogen-bond donors (Lipinski definition) is 1. The molecule has 1 aliphatic heterocycles. The second-order valence-electron chi connectivity index (χ2n) is 6.09. The summed E-state index contributed by atoms with van der Waals surface area (Å²) in [4.78, 5) is 4.37. The van der Waals surface area contributed by atoms with Crippen molar-refractivity contribution in [3.8, 4) is 0 Å². The smallest absolute Gasteiger partial charge is 0.170 e. The van der Waals surface area contributed by atoms with E-state index >= 15 is 0 Å². The Hall–Kier alpha value is -0.940. The van der Waals surface area contributed by atoms with E-state index in [0.717, 1.165) is 31.8 Å². The molecule has 0 bridgehead atoms. The van der Waals surface area contributed by atoms with E-state index in [-0.39, 0.29) is 11.6 Å². The number of morpholine rings is 1. The van der Waals surface area contributed by atoms with Crippen molar-refractivity contribution < 1.29 is 4.74 Å². The molecule has 94 valence electrons. The molecule has 1 N–H and O–H groups in total. The van der Waals surface area contributed by atoms with Gasteiger partial charge in [0.2, 0.25) is 0 Å². The summed E-state index contributed by atoms with van der Waals surface area (Å²) in [5.41, 5.74) is 0.301. The molecule has 5 heteroatoms. The maximum atomic E-state index is 6.06. The van der Waals surface area contributed by atoms with Gasteiger partial charge in [-0.1, -0.05) is 13.8 Å². The molecule has 0 aromatic carbocycles. The molecule has 2 fully saturated rings. The third-order valence-corrected chi connectivity index (χ3v) is 3.80. The van der Waals surface area contributed by atoms with Crippen LogP contribution in [0.2, 0.25) is 0 Å². The summed E-state index contributed by atoms with van der Waals surface area (Å²) in [6, 6.07) is 0.144. The normalized spacial score (nSPS) is 30.2. The van der Waals surface area contributed by atoms with Crippen LogP contribution in [0.3, 0.4) is 0 Å². The van der Waals surface area contributed by atoms with Crippen molar-refractivity contribution in [2.24, 2.45) is 12.5 Å². The highest BCUT2D eigenvalue weighted by Crippen LogP contribution is 2.56. The highest BCUT2D eigenvalue weighted by molar-refractivity contribution is 5.14. The number of hydrogen-bond acceptors (Lipinski definition) is 4. The number of rotatable bonds is 1. The maximum Gasteiger partial charge on any atom is 0.170 e. The molecule has 1 spiro atoms. The standard InChI is InChI=1S/C12H20N4O/c1-11(2)6-12(7-11)9(13-4-5-17-12)10-14-8-16(3)15-10/h8-9,13H,4-7H2,1-3H3. The number of aryl methyl sites for hydroxylation is 1. The molecule has 3 rings (SSSR count). The average molecular weight is 236 g/mol. The molecule has 2 aliphatic rings. The lowest BCUT2D eigenvalue weighted by Crippen LogP contribution is -2.62. The second-order valence-corrected chi connectivity index (χ2v) is 6.09. The molecule has 1 saturated carbocycles. The van der Waals surface area contributed by atoms with Crippen LogP contribution in [0, 0.1) is 5.41 Å². The topological polar surface area (TPSA) is 52.0 Å². The van der Waals surface area contributed by atoms with Crippen molar-refractivity contribution in [2.45, 2.75) is 38.3 Å². The van der Waals surface area contributed by atoms with Crippen molar-refractivity contribution in [1.82, 2.24) is 20.1 Å². The fraction of sp³-hybridized carbons (Fsp3) is 0.833. The van der Waals surface area contributed by atoms with E-state index in [1.165, 1.54) is 0 Å². The Morgan fingerprint density at radius 1 is 1.47 bits per heavy atom. The fourth-order valence-electron chi connectivity index (χ4n) is 3.42. The fourth-order valence-corrected chi connectivity index (χ4v) is 3.42. The van der Waals surface area contributed by atoms with Gasteiger partial charge in [-0.2, -0.15) is 5.10 Å². The lowest BCUT2D eigenvalue weighted by atomic mass is 9.58. The minimum atomic E-state index is -0.0803. The first kappa shape index (κ1) is 11.2. The van der Waals surface area contributed by atoms with E-state index in [4.69, 9.17) is 4.74 Å². The van der Waals surface area contributed by atoms with Crippen LogP contribution in [0.5, 0.6) is 0 Å². The second kappa shape index (κ2) is 3.53. The van der Waals surface area contributed by atoms with Gasteiger partial charge in [0.1, 0.15) is 6.33 Å². The van der Waals surface area contributed by atoms with E-state index < -0.39 is 0 Å². The van der Waals surface area contributed by atoms with Gasteiger partial charge in [0.05, 0.1) is 18.2 Å². The van der Waals surface area contributed by atoms with Crippen molar-refractivity contribution in [2.75, 3.05) is 13.2 Å². The molecule has 2 heterocycles. The molecule has 1 aromatic heterocycles. The highest BCUT2D eigenvalue weighted by atomic mass is 16.5. The third-order valence-electron chi connectivity index (χ3n) is 3.80. The lowest BCUT2D eigenvalue weighted by molar-refractivity contribution is -0.196. The van der Waals surface area contributed by atoms with Gasteiger partial charge in [0.25, 0.3) is 0 Å². The molecule has 1 saturated heterocycles. The molecule has 1 unspecified atom stereocenters. The molecule has 5 nitrogen and oxygen atoms in total. The Balaban J connectivity index is 1.87. The summed E-state index contributed by atoms with van der Waals surface area (Å²) in [6.45, 7) is 6.25. The summed E-state index contributed by atoms with van der Waals surface area (Å²) in [7, 11) is 1.90. The van der Waals surface area contributed by atoms with Gasteiger partial charge < -0.3 is 10.1 Å². The number of nitrogens with one attached hydrogen (secondary N) is 1. The summed E-state index contributed by atoms with van der Waals surface area (Å²) in [5, 5.41) is 7.94. The van der Waals surface area contributed by atoms with E-state index in [1.54, 1.807) is 11.0 Å². The Morgan fingerprint density at radius 3 is 2.82 bits per heavy atom. The van der Waals surface area contributed by atoms with E-state index in [0.29, 0.717) is 5.41 Å². The van der Waals surface area contributed by atoms with Crippen LogP contribution in [0.1, 0.15) is 38.6 Å². The minimum Gasteiger partial charge on any atom is -0.372 e. The summed E-state index contributed by atoms with van der Waals surface area (Å²) < 4.78 is 7.81. The largest absolute Gasteiger partial charge is 0.372 e. The van der Waals surface area contributed by atoms with Crippen LogP contribution in [-0.4, -0.2) is 33.5 Å². The van der Waals surface area contributed by atoms with E-state index in [1.807, 2.05) is 7.05 Å². The van der Waals surface area contributed by atoms with Crippen molar-refractivity contribution in [3.05, 3.63) is 12.2 Å². The zero-order valence-electron chi connectivity index (χ0n) is 10.7. The van der Waals surface area contributed by atoms with Gasteiger partial charge in [0, 0.05) is 13.6 Å². The van der Waals surface area contributed by atoms with Gasteiger partial charge >= 0.3 is 0 Å². The molecular formula is C12H20N4O. The van der Waals surface area contributed by atoms with Gasteiger partial charge in [0.15, 0.2) is 5.82 Å². The zero-order valence-corrected chi connectivity index (χ0v) is 10.7. The quantitative estimate of drug-likeness (QED) is 0.791. The van der Waals surface area contributed by atoms with Crippen molar-refractivity contribution >= 4 is 0 Å². The number of nitrogens with zero attached hydrogens (tertiary/aromatic N) is 3. The number of aromatic nitrogens is 3. The van der Waals surface area contributed by atoms with Crippen LogP contribution < -0.4 is 5.32 Å². The summed E-state index contributed by atoms with van der Waals surface area (Å²) >= 11 is 0. The Morgan fingerprint density at radius 2 is 2.24 bits per heavy atom. The molecular weight excluding hydrogens is 216 g/mol. The molecule has 1 atom stereocenters. The predicted molar refractivity (Wildman–Crippen MR) is 63.4 cm³/mol. The van der Waals surface area contributed by atoms with E-state index in [2.05, 4.69) is 29.2 Å². The summed E-state index contributed by atoms with van der Waals surface area (Å²) in [6.07, 6.45) is 3.91. The SMILES string of the molecule is Cn1cnc(C2NCCOC23CC(C)(C)C3)n1. The molecule has 17 heavy (non-hydrogen) atoms. The van der Waals surface area contributed by atoms with Crippen LogP contribution in [-0.2, 0) is 11.8 Å². The Labute approximate surface area is 102 Å². The van der Waals surface area contributed by atoms with E-state index in [9.17, 15) is 0 Å². The van der Waals surface area contributed by atoms with Gasteiger partial charge in [-0.15, -0.1) is 0 Å². The lowest BCUT2D eigenvalue weighted by Gasteiger charge is -2.57. The molecule has 1 aliphatic carbocycles. The maximum absolute atomic E-state index is 6.06. The van der Waals surface area contributed by atoms with Crippen molar-refractivity contribution in [3.63, 3.8) is 0 Å². The molecule has 1 aromatic rings. The predicted octanol–water partition coefficient (Wildman–Crippen LogP) is 1.03. The van der Waals surface area contributed by atoms with Gasteiger partial charge in [-0.05, 0) is 18.3 Å². The first-order valence-corrected chi connectivity index (χ1v) is 6.24. The van der Waals surface area contributed by atoms with Crippen LogP contribution in [0.25, 0.3) is 0 Å². The minimum absolute atomic E-state index is 0.0803. The van der Waals surface area contributed by atoms with Gasteiger partial charge in [-0.3, -0.25) is 4.68 Å². The van der Waals surface area contributed by atoms with Crippen molar-refractivity contribution in [1.29, 1.82) is 0 Å². The van der Waals surface area contributed by atoms with Crippen LogP contribution in [0.15, 0.2) is 6.33 Å². The molecule has 0 amide bonds. The Bertz CT molecular complexity index is 418. The zero-order chi connectivity index (χ0) is 12.1. The molecule has 0 radical (unpaired) electrons. The van der Waals surface area contributed by atoms with Gasteiger partial charge in [-0.25, -0.2) is 4.98 Å². The first-order chi connectivity index (χ1) is 8.01. The Kier molecular flexibility index (Phi) is 2.32. The highest BCUT2D eigenvalue weighted by Gasteiger charge is 2.57.